The average molecular weight is 450 g/mol. The zero-order chi connectivity index (χ0) is 23.1. The van der Waals surface area contributed by atoms with Crippen LogP contribution in [-0.2, 0) is 14.3 Å². The number of aliphatic imine (C=N–C) groups is 1. The van der Waals surface area contributed by atoms with Gasteiger partial charge in [0.15, 0.2) is 0 Å². The number of amides is 1. The highest BCUT2D eigenvalue weighted by Gasteiger charge is 2.41. The van der Waals surface area contributed by atoms with Crippen LogP contribution in [0, 0.1) is 24.2 Å². The Bertz CT molecular complexity index is 1110. The largest absolute Gasteiger partial charge is 0.469 e. The molecule has 0 saturated carbocycles. The Balaban J connectivity index is 1.85. The van der Waals surface area contributed by atoms with Crippen molar-refractivity contribution in [2.24, 2.45) is 10.9 Å². The van der Waals surface area contributed by atoms with E-state index in [1.165, 1.54) is 24.1 Å². The smallest absolute Gasteiger partial charge is 0.336 e. The topological polar surface area (TPSA) is 105 Å². The summed E-state index contributed by atoms with van der Waals surface area (Å²) < 4.78 is 10.8. The molecule has 1 unspecified atom stereocenters. The quantitative estimate of drug-likeness (QED) is 0.489. The number of esters is 1. The number of nitrogens with one attached hydrogen (secondary N) is 1. The molecule has 1 aromatic heterocycles. The predicted octanol–water partition coefficient (Wildman–Crippen LogP) is 4.60. The van der Waals surface area contributed by atoms with Crippen LogP contribution in [0.5, 0.6) is 0 Å². The summed E-state index contributed by atoms with van der Waals surface area (Å²) in [6.07, 6.45) is 2.96. The molecular weight excluding hydrogens is 426 g/mol. The van der Waals surface area contributed by atoms with Gasteiger partial charge in [-0.05, 0) is 37.6 Å². The Morgan fingerprint density at radius 1 is 1.31 bits per heavy atom. The van der Waals surface area contributed by atoms with Gasteiger partial charge >= 0.3 is 5.97 Å². The maximum atomic E-state index is 12.7. The number of nitriles is 1. The first-order chi connectivity index (χ1) is 15.5. The van der Waals surface area contributed by atoms with Gasteiger partial charge in [-0.25, -0.2) is 9.79 Å². The fourth-order valence-corrected chi connectivity index (χ4v) is 4.30. The number of nitrogens with zero attached hydrogens (tertiary/aromatic N) is 2. The van der Waals surface area contributed by atoms with Crippen molar-refractivity contribution >= 4 is 34.4 Å². The lowest BCUT2D eigenvalue weighted by atomic mass is 9.82. The molecule has 0 aliphatic carbocycles. The van der Waals surface area contributed by atoms with Gasteiger partial charge in [-0.3, -0.25) is 4.79 Å². The molecule has 8 heteroatoms. The van der Waals surface area contributed by atoms with E-state index in [1.54, 1.807) is 19.1 Å². The van der Waals surface area contributed by atoms with E-state index >= 15 is 0 Å². The number of hydrogen-bond donors (Lipinski definition) is 1. The van der Waals surface area contributed by atoms with Crippen LogP contribution < -0.4 is 5.32 Å². The van der Waals surface area contributed by atoms with Gasteiger partial charge < -0.3 is 14.5 Å². The molecule has 0 fully saturated rings. The zero-order valence-corrected chi connectivity index (χ0v) is 18.6. The maximum Gasteiger partial charge on any atom is 0.336 e. The van der Waals surface area contributed by atoms with E-state index < -0.39 is 17.8 Å². The normalized spacial score (nSPS) is 17.8. The lowest BCUT2D eigenvalue weighted by Gasteiger charge is -2.28. The van der Waals surface area contributed by atoms with Crippen LogP contribution in [0.15, 0.2) is 76.0 Å². The monoisotopic (exact) mass is 449 g/mol. The highest BCUT2D eigenvalue weighted by molar-refractivity contribution is 8.14. The number of para-hydroxylation sites is 1. The molecule has 3 rings (SSSR count). The van der Waals surface area contributed by atoms with Crippen LogP contribution in [0.25, 0.3) is 0 Å². The van der Waals surface area contributed by atoms with Crippen molar-refractivity contribution in [3.05, 3.63) is 77.9 Å². The number of rotatable bonds is 7. The number of carbonyl (C=O) groups is 2. The van der Waals surface area contributed by atoms with Gasteiger partial charge in [0.1, 0.15) is 18.3 Å². The molecule has 2 aromatic rings. The zero-order valence-electron chi connectivity index (χ0n) is 17.8. The molecule has 164 valence electrons. The Morgan fingerprint density at radius 2 is 2.09 bits per heavy atom. The first-order valence-corrected chi connectivity index (χ1v) is 10.9. The van der Waals surface area contributed by atoms with Crippen molar-refractivity contribution in [2.45, 2.75) is 19.8 Å². The molecule has 1 aliphatic heterocycles. The summed E-state index contributed by atoms with van der Waals surface area (Å²) in [5.74, 6) is -1.75. The Kier molecular flexibility index (Phi) is 7.68. The summed E-state index contributed by atoms with van der Waals surface area (Å²) in [5.41, 5.74) is 2.38. The molecular formula is C24H23N3O4S. The second-order valence-electron chi connectivity index (χ2n) is 7.09. The van der Waals surface area contributed by atoms with Gasteiger partial charge in [0.25, 0.3) is 0 Å². The Hall–Kier alpha value is -3.57. The number of ether oxygens (including phenoxy) is 1. The van der Waals surface area contributed by atoms with Crippen molar-refractivity contribution in [3.8, 4) is 6.07 Å². The van der Waals surface area contributed by atoms with E-state index in [0.717, 1.165) is 11.3 Å². The van der Waals surface area contributed by atoms with Crippen molar-refractivity contribution in [1.82, 2.24) is 0 Å². The number of benzene rings is 1. The Labute approximate surface area is 190 Å². The standard InChI is InChI=1S/C24H23N3O4S/c1-4-11-31-24(29)21-16(3)26-23(17(13-25)22(21)19-10-7-12-30-19)32-14-20(28)27-18-9-6-5-8-15(18)2/h4-10,12,17,22H,1,11,14H2,2-3H3,(H,27,28)/t17?,22-/m0/s1. The number of allylic oxidation sites excluding steroid dienone is 1. The third-order valence-corrected chi connectivity index (χ3v) is 5.94. The van der Waals surface area contributed by atoms with Crippen LogP contribution >= 0.6 is 11.8 Å². The van der Waals surface area contributed by atoms with Crippen molar-refractivity contribution in [3.63, 3.8) is 0 Å². The third-order valence-electron chi connectivity index (χ3n) is 4.89. The fraction of sp³-hybridized carbons (Fsp3) is 0.250. The van der Waals surface area contributed by atoms with Crippen LogP contribution in [0.1, 0.15) is 24.2 Å². The highest BCUT2D eigenvalue weighted by Crippen LogP contribution is 2.41. The number of aryl methyl sites for hydroxylation is 1. The highest BCUT2D eigenvalue weighted by atomic mass is 32.2. The predicted molar refractivity (Wildman–Crippen MR) is 124 cm³/mol. The molecule has 2 atom stereocenters. The first-order valence-electron chi connectivity index (χ1n) is 9.95. The van der Waals surface area contributed by atoms with E-state index in [9.17, 15) is 14.9 Å². The van der Waals surface area contributed by atoms with Crippen LogP contribution in [0.3, 0.4) is 0 Å². The third kappa shape index (κ3) is 5.18. The van der Waals surface area contributed by atoms with Crippen molar-refractivity contribution in [1.29, 1.82) is 5.26 Å². The minimum absolute atomic E-state index is 0.0438. The lowest BCUT2D eigenvalue weighted by Crippen LogP contribution is -2.30. The number of thioether (sulfide) groups is 1. The summed E-state index contributed by atoms with van der Waals surface area (Å²) >= 11 is 1.17. The van der Waals surface area contributed by atoms with E-state index in [4.69, 9.17) is 9.15 Å². The molecule has 2 heterocycles. The van der Waals surface area contributed by atoms with Crippen LogP contribution in [-0.4, -0.2) is 29.3 Å². The molecule has 1 amide bonds. The van der Waals surface area contributed by atoms with Gasteiger partial charge in [0.05, 0.1) is 34.6 Å². The van der Waals surface area contributed by atoms with Crippen LogP contribution in [0.4, 0.5) is 5.69 Å². The minimum Gasteiger partial charge on any atom is -0.469 e. The van der Waals surface area contributed by atoms with Gasteiger partial charge in [0.2, 0.25) is 5.91 Å². The molecule has 0 radical (unpaired) electrons. The molecule has 0 saturated heterocycles. The van der Waals surface area contributed by atoms with Gasteiger partial charge in [-0.1, -0.05) is 42.6 Å². The van der Waals surface area contributed by atoms with Crippen LogP contribution in [0.2, 0.25) is 0 Å². The van der Waals surface area contributed by atoms with Gasteiger partial charge in [0, 0.05) is 11.4 Å². The molecule has 1 N–H and O–H groups in total. The first kappa shape index (κ1) is 23.1. The lowest BCUT2D eigenvalue weighted by molar-refractivity contribution is -0.138. The summed E-state index contributed by atoms with van der Waals surface area (Å²) in [7, 11) is 0. The SMILES string of the molecule is C=CCOC(=O)C1=C(C)N=C(SCC(=O)Nc2ccccc2C)C(C#N)[C@H]1c1ccco1. The average Bonchev–Trinajstić information content (AvgIpc) is 3.31. The second kappa shape index (κ2) is 10.6. The van der Waals surface area contributed by atoms with E-state index in [-0.39, 0.29) is 23.8 Å². The van der Waals surface area contributed by atoms with Crippen molar-refractivity contribution < 1.29 is 18.7 Å². The molecule has 0 spiro atoms. The molecule has 1 aromatic carbocycles. The van der Waals surface area contributed by atoms with Gasteiger partial charge in [-0.2, -0.15) is 5.26 Å². The van der Waals surface area contributed by atoms with Crippen molar-refractivity contribution in [2.75, 3.05) is 17.7 Å². The number of furan rings is 1. The number of carbonyl (C=O) groups excluding carboxylic acids is 2. The van der Waals surface area contributed by atoms with E-state index in [0.29, 0.717) is 16.5 Å². The summed E-state index contributed by atoms with van der Waals surface area (Å²) in [5, 5.41) is 13.3. The summed E-state index contributed by atoms with van der Waals surface area (Å²) in [6.45, 7) is 7.19. The summed E-state index contributed by atoms with van der Waals surface area (Å²) in [6, 6.07) is 13.1. The minimum atomic E-state index is -0.799. The second-order valence-corrected chi connectivity index (χ2v) is 8.08. The Morgan fingerprint density at radius 3 is 2.75 bits per heavy atom. The summed E-state index contributed by atoms with van der Waals surface area (Å²) in [4.78, 5) is 29.7. The number of anilines is 1. The molecule has 0 bridgehead atoms. The number of hydrogen-bond acceptors (Lipinski definition) is 7. The molecule has 7 nitrogen and oxygen atoms in total. The van der Waals surface area contributed by atoms with E-state index in [2.05, 4.69) is 23.0 Å². The maximum absolute atomic E-state index is 12.7. The van der Waals surface area contributed by atoms with E-state index in [1.807, 2.05) is 31.2 Å². The molecule has 1 aliphatic rings. The van der Waals surface area contributed by atoms with Gasteiger partial charge in [-0.15, -0.1) is 0 Å². The molecule has 32 heavy (non-hydrogen) atoms. The fourth-order valence-electron chi connectivity index (χ4n) is 3.38.